The predicted octanol–water partition coefficient (Wildman–Crippen LogP) is 7.58. The molecule has 0 fully saturated rings. The van der Waals surface area contributed by atoms with Gasteiger partial charge in [0.15, 0.2) is 23.0 Å². The molecule has 0 unspecified atom stereocenters. The van der Waals surface area contributed by atoms with Crippen molar-refractivity contribution in [3.63, 3.8) is 0 Å². The van der Waals surface area contributed by atoms with Crippen LogP contribution in [0, 0.1) is 0 Å². The van der Waals surface area contributed by atoms with Crippen molar-refractivity contribution in [3.8, 4) is 63.2 Å². The normalized spacial score (nSPS) is 18.9. The van der Waals surface area contributed by atoms with E-state index in [1.54, 1.807) is 30.3 Å². The Morgan fingerprint density at radius 3 is 1.67 bits per heavy atom. The Labute approximate surface area is 326 Å². The van der Waals surface area contributed by atoms with Crippen molar-refractivity contribution in [2.45, 2.75) is 30.5 Å². The topological polar surface area (TPSA) is 210 Å². The van der Waals surface area contributed by atoms with Gasteiger partial charge in [-0.15, -0.1) is 0 Å². The summed E-state index contributed by atoms with van der Waals surface area (Å²) in [5, 5.41) is 96.7. The lowest BCUT2D eigenvalue weighted by molar-refractivity contribution is 0.211. The minimum absolute atomic E-state index is 0.0825. The van der Waals surface area contributed by atoms with Crippen LogP contribution in [-0.2, 0) is 6.61 Å². The van der Waals surface area contributed by atoms with Gasteiger partial charge >= 0.3 is 0 Å². The third kappa shape index (κ3) is 6.45. The van der Waals surface area contributed by atoms with Crippen LogP contribution < -0.4 is 14.2 Å². The lowest BCUT2D eigenvalue weighted by Gasteiger charge is -2.24. The van der Waals surface area contributed by atoms with E-state index in [0.29, 0.717) is 61.4 Å². The maximum atomic E-state index is 11.5. The van der Waals surface area contributed by atoms with Gasteiger partial charge in [-0.3, -0.25) is 0 Å². The Morgan fingerprint density at radius 2 is 1.09 bits per heavy atom. The number of aromatic hydroxyl groups is 8. The maximum Gasteiger partial charge on any atom is 0.160 e. The lowest BCUT2D eigenvalue weighted by atomic mass is 9.79. The second-order valence-corrected chi connectivity index (χ2v) is 14.2. The number of phenolic OH excluding ortho intramolecular Hbond substituents is 8. The van der Waals surface area contributed by atoms with Crippen LogP contribution in [0.15, 0.2) is 97.1 Å². The second-order valence-electron chi connectivity index (χ2n) is 14.2. The van der Waals surface area contributed by atoms with Crippen LogP contribution in [0.5, 0.6) is 63.2 Å². The fraction of sp³-hybridized carbons (Fsp3) is 0.156. The molecule has 290 valence electrons. The van der Waals surface area contributed by atoms with E-state index in [-0.39, 0.29) is 57.5 Å². The largest absolute Gasteiger partial charge is 0.508 e. The molecule has 0 bridgehead atoms. The molecule has 1 heterocycles. The monoisotopic (exact) mass is 770 g/mol. The summed E-state index contributed by atoms with van der Waals surface area (Å²) < 4.78 is 17.4. The minimum Gasteiger partial charge on any atom is -0.508 e. The van der Waals surface area contributed by atoms with Crippen LogP contribution in [0.4, 0.5) is 0 Å². The number of fused-ring (bicyclic) bond motifs is 2. The van der Waals surface area contributed by atoms with Gasteiger partial charge in [0.25, 0.3) is 0 Å². The number of rotatable bonds is 8. The molecule has 0 saturated heterocycles. The van der Waals surface area contributed by atoms with Crippen LogP contribution in [0.1, 0.15) is 73.9 Å². The summed E-state index contributed by atoms with van der Waals surface area (Å²) in [5.41, 5.74) is 5.18. The summed E-state index contributed by atoms with van der Waals surface area (Å²) in [6, 6.07) is 24.3. The molecule has 0 radical (unpaired) electrons. The maximum absolute atomic E-state index is 11.5. The molecule has 6 aromatic carbocycles. The molecule has 0 amide bonds. The molecule has 8 rings (SSSR count). The molecule has 4 atom stereocenters. The lowest BCUT2D eigenvalue weighted by Crippen LogP contribution is -2.11. The van der Waals surface area contributed by atoms with E-state index >= 15 is 0 Å². The number of aliphatic hydroxyl groups excluding tert-OH is 1. The van der Waals surface area contributed by atoms with Gasteiger partial charge in [0.05, 0.1) is 26.7 Å². The number of benzene rings is 6. The Morgan fingerprint density at radius 1 is 0.544 bits per heavy atom. The van der Waals surface area contributed by atoms with E-state index in [4.69, 9.17) is 14.2 Å². The number of hydrogen-bond acceptors (Lipinski definition) is 12. The number of ether oxygens (including phenoxy) is 3. The molecule has 1 aliphatic heterocycles. The van der Waals surface area contributed by atoms with Crippen LogP contribution in [0.25, 0.3) is 11.6 Å². The summed E-state index contributed by atoms with van der Waals surface area (Å²) in [6.07, 6.45) is 1.05. The van der Waals surface area contributed by atoms with Crippen molar-refractivity contribution in [2.75, 3.05) is 14.2 Å². The van der Waals surface area contributed by atoms with Gasteiger partial charge < -0.3 is 60.2 Å². The van der Waals surface area contributed by atoms with Crippen molar-refractivity contribution in [1.29, 1.82) is 0 Å². The zero-order valence-corrected chi connectivity index (χ0v) is 30.6. The van der Waals surface area contributed by atoms with E-state index in [1.165, 1.54) is 74.9 Å². The SMILES string of the molecule is COc1cc([C@@H]2c3c(O)cc(O)cc3/C(=C/c3cc(CO)c4c(c3)[C@H](c3cc(O)cc(O)c3)[C@@H](c3ccc(O)c(OC)c3)O4)[C@H]2c2cc(O)cc(O)c2)ccc1O. The average Bonchev–Trinajstić information content (AvgIpc) is 3.70. The summed E-state index contributed by atoms with van der Waals surface area (Å²) >= 11 is 0. The summed E-state index contributed by atoms with van der Waals surface area (Å²) in [5.74, 6) is -2.74. The van der Waals surface area contributed by atoms with E-state index in [0.717, 1.165) is 0 Å². The van der Waals surface area contributed by atoms with E-state index in [9.17, 15) is 46.0 Å². The molecule has 0 saturated carbocycles. The molecule has 0 aromatic heterocycles. The first-order valence-corrected chi connectivity index (χ1v) is 17.9. The zero-order chi connectivity index (χ0) is 40.3. The van der Waals surface area contributed by atoms with Gasteiger partial charge in [-0.2, -0.15) is 0 Å². The first kappa shape index (κ1) is 36.8. The fourth-order valence-corrected chi connectivity index (χ4v) is 8.42. The molecule has 6 aromatic rings. The zero-order valence-electron chi connectivity index (χ0n) is 30.6. The molecule has 0 spiro atoms. The Bertz CT molecular complexity index is 2560. The predicted molar refractivity (Wildman–Crippen MR) is 209 cm³/mol. The highest BCUT2D eigenvalue weighted by atomic mass is 16.5. The number of aliphatic hydroxyl groups is 1. The van der Waals surface area contributed by atoms with Crippen molar-refractivity contribution in [3.05, 3.63) is 147 Å². The van der Waals surface area contributed by atoms with E-state index < -0.39 is 30.5 Å². The molecule has 2 aliphatic rings. The molecule has 1 aliphatic carbocycles. The van der Waals surface area contributed by atoms with Crippen LogP contribution in [0.2, 0.25) is 0 Å². The summed E-state index contributed by atoms with van der Waals surface area (Å²) in [7, 11) is 2.84. The minimum atomic E-state index is -0.776. The highest BCUT2D eigenvalue weighted by molar-refractivity contribution is 5.93. The molecule has 12 heteroatoms. The third-order valence-corrected chi connectivity index (χ3v) is 10.7. The number of methoxy groups -OCH3 is 2. The number of allylic oxidation sites excluding steroid dienone is 1. The molecule has 57 heavy (non-hydrogen) atoms. The molecule has 12 nitrogen and oxygen atoms in total. The first-order chi connectivity index (χ1) is 27.4. The van der Waals surface area contributed by atoms with Crippen LogP contribution in [-0.4, -0.2) is 60.2 Å². The van der Waals surface area contributed by atoms with Crippen LogP contribution in [0.3, 0.4) is 0 Å². The van der Waals surface area contributed by atoms with Gasteiger partial charge in [-0.25, -0.2) is 0 Å². The molecular weight excluding hydrogens is 732 g/mol. The smallest absolute Gasteiger partial charge is 0.160 e. The highest BCUT2D eigenvalue weighted by Crippen LogP contribution is 2.60. The van der Waals surface area contributed by atoms with Crippen molar-refractivity contribution in [2.24, 2.45) is 0 Å². The molecular formula is C45H38O12. The highest BCUT2D eigenvalue weighted by Gasteiger charge is 2.43. The van der Waals surface area contributed by atoms with Crippen molar-refractivity contribution in [1.82, 2.24) is 0 Å². The number of hydrogen-bond donors (Lipinski definition) is 9. The average molecular weight is 771 g/mol. The van der Waals surface area contributed by atoms with Crippen LogP contribution >= 0.6 is 0 Å². The Balaban J connectivity index is 1.38. The van der Waals surface area contributed by atoms with Crippen molar-refractivity contribution >= 4 is 11.6 Å². The summed E-state index contributed by atoms with van der Waals surface area (Å²) in [6.45, 7) is -0.444. The second kappa shape index (κ2) is 14.2. The molecule has 9 N–H and O–H groups in total. The standard InChI is InChI=1S/C45H38O12/c1-55-38-14-22(3-5-35(38)52)42-40(24-10-27(47)16-28(48)11-24)32(33-18-31(51)19-37(54)43(33)42)8-21-7-26(20-46)44-34(9-21)41(25-12-29(49)17-30(50)13-25)45(57-44)23-4-6-36(53)39(15-23)56-2/h3-19,40-42,45-54H,20H2,1-2H3/b32-8-/t40-,41+,42+,45-/m1/s1. The van der Waals surface area contributed by atoms with Crippen molar-refractivity contribution < 1.29 is 60.2 Å². The fourth-order valence-electron chi connectivity index (χ4n) is 8.42. The van der Waals surface area contributed by atoms with Gasteiger partial charge in [0, 0.05) is 46.7 Å². The van der Waals surface area contributed by atoms with E-state index in [2.05, 4.69) is 0 Å². The van der Waals surface area contributed by atoms with E-state index in [1.807, 2.05) is 12.1 Å². The first-order valence-electron chi connectivity index (χ1n) is 17.9. The van der Waals surface area contributed by atoms with Gasteiger partial charge in [-0.1, -0.05) is 18.2 Å². The quantitative estimate of drug-likeness (QED) is 0.0734. The van der Waals surface area contributed by atoms with Gasteiger partial charge in [-0.05, 0) is 106 Å². The third-order valence-electron chi connectivity index (χ3n) is 10.7. The number of phenols is 8. The Hall–Kier alpha value is -7.18. The summed E-state index contributed by atoms with van der Waals surface area (Å²) in [4.78, 5) is 0. The van der Waals surface area contributed by atoms with Gasteiger partial charge in [0.2, 0.25) is 0 Å². The Kier molecular flexibility index (Phi) is 9.13. The van der Waals surface area contributed by atoms with Gasteiger partial charge in [0.1, 0.15) is 46.4 Å².